The lowest BCUT2D eigenvalue weighted by molar-refractivity contribution is -0.113. The van der Waals surface area contributed by atoms with Crippen molar-refractivity contribution in [3.63, 3.8) is 0 Å². The number of nitrogens with one attached hydrogen (secondary N) is 3. The first kappa shape index (κ1) is 23.0. The standard InChI is InChI=1S/C24H29N7O2S/c1-33-22-5-3-19-23(30-22)16(6-8-27-19)7-10-31-11-9-26-18(14-31)13-25-12-17-2-4-20-24(28-17)29-21(32)15-34-20/h2-6,8,18,25-26H,7,9-15H2,1H3,(H,28,29,32). The van der Waals surface area contributed by atoms with Crippen molar-refractivity contribution in [3.8, 4) is 5.88 Å². The van der Waals surface area contributed by atoms with E-state index in [1.807, 2.05) is 30.5 Å². The average molecular weight is 480 g/mol. The minimum Gasteiger partial charge on any atom is -0.481 e. The third-order valence-corrected chi connectivity index (χ3v) is 7.16. The molecule has 0 radical (unpaired) electrons. The Morgan fingerprint density at radius 1 is 1.24 bits per heavy atom. The lowest BCUT2D eigenvalue weighted by atomic mass is 10.1. The number of pyridine rings is 3. The molecule has 2 aliphatic heterocycles. The second-order valence-corrected chi connectivity index (χ2v) is 9.53. The van der Waals surface area contributed by atoms with Crippen LogP contribution in [-0.2, 0) is 17.8 Å². The zero-order chi connectivity index (χ0) is 23.3. The van der Waals surface area contributed by atoms with Crippen LogP contribution in [0.5, 0.6) is 5.88 Å². The van der Waals surface area contributed by atoms with Crippen molar-refractivity contribution >= 4 is 34.5 Å². The van der Waals surface area contributed by atoms with Gasteiger partial charge in [0.2, 0.25) is 11.8 Å². The summed E-state index contributed by atoms with van der Waals surface area (Å²) in [6.45, 7) is 5.47. The van der Waals surface area contributed by atoms with E-state index in [4.69, 9.17) is 4.74 Å². The van der Waals surface area contributed by atoms with Gasteiger partial charge in [-0.15, -0.1) is 11.8 Å². The number of hydrogen-bond donors (Lipinski definition) is 3. The van der Waals surface area contributed by atoms with Crippen molar-refractivity contribution < 1.29 is 9.53 Å². The van der Waals surface area contributed by atoms with Crippen molar-refractivity contribution in [3.05, 3.63) is 47.8 Å². The van der Waals surface area contributed by atoms with Gasteiger partial charge in [-0.3, -0.25) is 9.78 Å². The van der Waals surface area contributed by atoms with E-state index in [2.05, 4.69) is 41.9 Å². The molecule has 5 rings (SSSR count). The molecular formula is C24H29N7O2S. The van der Waals surface area contributed by atoms with Crippen molar-refractivity contribution in [1.29, 1.82) is 0 Å². The molecule has 1 atom stereocenters. The molecule has 2 aliphatic rings. The van der Waals surface area contributed by atoms with Gasteiger partial charge in [0.15, 0.2) is 0 Å². The van der Waals surface area contributed by atoms with E-state index in [1.54, 1.807) is 7.11 Å². The molecule has 9 nitrogen and oxygen atoms in total. The summed E-state index contributed by atoms with van der Waals surface area (Å²) >= 11 is 1.53. The van der Waals surface area contributed by atoms with Crippen LogP contribution in [0, 0.1) is 0 Å². The molecule has 0 bridgehead atoms. The van der Waals surface area contributed by atoms with E-state index >= 15 is 0 Å². The fourth-order valence-corrected chi connectivity index (χ4v) is 5.12. The van der Waals surface area contributed by atoms with Gasteiger partial charge in [0.1, 0.15) is 5.82 Å². The van der Waals surface area contributed by atoms with Crippen LogP contribution < -0.4 is 20.7 Å². The van der Waals surface area contributed by atoms with E-state index in [9.17, 15) is 4.79 Å². The lowest BCUT2D eigenvalue weighted by Crippen LogP contribution is -2.54. The first-order chi connectivity index (χ1) is 16.7. The molecular weight excluding hydrogens is 450 g/mol. The highest BCUT2D eigenvalue weighted by Gasteiger charge is 2.20. The minimum atomic E-state index is 0.0105. The zero-order valence-corrected chi connectivity index (χ0v) is 20.0. The quantitative estimate of drug-likeness (QED) is 0.445. The Morgan fingerprint density at radius 2 is 2.18 bits per heavy atom. The van der Waals surface area contributed by atoms with Crippen molar-refractivity contribution in [1.82, 2.24) is 30.5 Å². The third-order valence-electron chi connectivity index (χ3n) is 6.12. The molecule has 1 fully saturated rings. The summed E-state index contributed by atoms with van der Waals surface area (Å²) in [5.41, 5.74) is 3.94. The summed E-state index contributed by atoms with van der Waals surface area (Å²) in [6.07, 6.45) is 2.78. The van der Waals surface area contributed by atoms with E-state index < -0.39 is 0 Å². The molecule has 1 unspecified atom stereocenters. The van der Waals surface area contributed by atoms with Gasteiger partial charge in [-0.1, -0.05) is 0 Å². The van der Waals surface area contributed by atoms with Crippen LogP contribution in [0.3, 0.4) is 0 Å². The second kappa shape index (κ2) is 10.6. The van der Waals surface area contributed by atoms with Gasteiger partial charge in [0.25, 0.3) is 0 Å². The van der Waals surface area contributed by atoms with Crippen LogP contribution in [0.1, 0.15) is 11.3 Å². The molecule has 0 aliphatic carbocycles. The van der Waals surface area contributed by atoms with Gasteiger partial charge in [-0.25, -0.2) is 9.97 Å². The molecule has 10 heteroatoms. The van der Waals surface area contributed by atoms with Gasteiger partial charge >= 0.3 is 0 Å². The Labute approximate surface area is 203 Å². The number of piperazine rings is 1. The molecule has 3 aromatic rings. The van der Waals surface area contributed by atoms with Crippen molar-refractivity contribution in [2.75, 3.05) is 50.9 Å². The molecule has 0 aromatic carbocycles. The van der Waals surface area contributed by atoms with E-state index in [-0.39, 0.29) is 5.91 Å². The maximum atomic E-state index is 11.6. The lowest BCUT2D eigenvalue weighted by Gasteiger charge is -2.34. The maximum absolute atomic E-state index is 11.6. The number of methoxy groups -OCH3 is 1. The minimum absolute atomic E-state index is 0.0105. The highest BCUT2D eigenvalue weighted by Crippen LogP contribution is 2.29. The second-order valence-electron chi connectivity index (χ2n) is 8.51. The zero-order valence-electron chi connectivity index (χ0n) is 19.2. The topological polar surface area (TPSA) is 104 Å². The fourth-order valence-electron chi connectivity index (χ4n) is 4.37. The first-order valence-corrected chi connectivity index (χ1v) is 12.5. The monoisotopic (exact) mass is 479 g/mol. The fraction of sp³-hybridized carbons (Fsp3) is 0.417. The number of thioether (sulfide) groups is 1. The molecule has 178 valence electrons. The summed E-state index contributed by atoms with van der Waals surface area (Å²) < 4.78 is 5.30. The van der Waals surface area contributed by atoms with Gasteiger partial charge < -0.3 is 25.6 Å². The number of aromatic nitrogens is 3. The first-order valence-electron chi connectivity index (χ1n) is 11.6. The number of ether oxygens (including phenoxy) is 1. The smallest absolute Gasteiger partial charge is 0.235 e. The van der Waals surface area contributed by atoms with Gasteiger partial charge in [0, 0.05) is 57.6 Å². The van der Waals surface area contributed by atoms with Crippen LogP contribution in [-0.4, -0.2) is 77.4 Å². The van der Waals surface area contributed by atoms with Gasteiger partial charge in [0.05, 0.1) is 34.5 Å². The molecule has 1 amide bonds. The Kier molecular flexibility index (Phi) is 7.19. The maximum Gasteiger partial charge on any atom is 0.235 e. The Balaban J connectivity index is 1.12. The predicted molar refractivity (Wildman–Crippen MR) is 133 cm³/mol. The summed E-state index contributed by atoms with van der Waals surface area (Å²) in [6, 6.07) is 10.3. The van der Waals surface area contributed by atoms with E-state index in [0.29, 0.717) is 30.0 Å². The molecule has 1 saturated heterocycles. The molecule has 3 aromatic heterocycles. The number of carbonyl (C=O) groups excluding carboxylic acids is 1. The molecule has 0 spiro atoms. The molecule has 3 N–H and O–H groups in total. The van der Waals surface area contributed by atoms with Crippen molar-refractivity contribution in [2.24, 2.45) is 0 Å². The van der Waals surface area contributed by atoms with E-state index in [1.165, 1.54) is 17.3 Å². The number of nitrogens with zero attached hydrogens (tertiary/aromatic N) is 4. The van der Waals surface area contributed by atoms with Gasteiger partial charge in [-0.2, -0.15) is 0 Å². The Morgan fingerprint density at radius 3 is 3.09 bits per heavy atom. The largest absolute Gasteiger partial charge is 0.481 e. The Bertz CT molecular complexity index is 1180. The van der Waals surface area contributed by atoms with Crippen LogP contribution in [0.25, 0.3) is 11.0 Å². The van der Waals surface area contributed by atoms with Crippen molar-refractivity contribution in [2.45, 2.75) is 23.9 Å². The third kappa shape index (κ3) is 5.47. The summed E-state index contributed by atoms with van der Waals surface area (Å²) in [5, 5.41) is 9.99. The molecule has 5 heterocycles. The highest BCUT2D eigenvalue weighted by molar-refractivity contribution is 8.00. The van der Waals surface area contributed by atoms with Crippen LogP contribution >= 0.6 is 11.8 Å². The Hall–Kier alpha value is -2.79. The number of hydrogen-bond acceptors (Lipinski definition) is 9. The SMILES string of the molecule is COc1ccc2nccc(CCN3CCNC(CNCc4ccc5c(n4)NC(=O)CS5)C3)c2n1. The van der Waals surface area contributed by atoms with Crippen LogP contribution in [0.2, 0.25) is 0 Å². The summed E-state index contributed by atoms with van der Waals surface area (Å²) in [4.78, 5) is 28.8. The molecule has 0 saturated carbocycles. The van der Waals surface area contributed by atoms with Crippen LogP contribution in [0.4, 0.5) is 5.82 Å². The van der Waals surface area contributed by atoms with Crippen LogP contribution in [0.15, 0.2) is 41.4 Å². The number of anilines is 1. The summed E-state index contributed by atoms with van der Waals surface area (Å²) in [7, 11) is 1.64. The number of fused-ring (bicyclic) bond motifs is 2. The normalized spacial score (nSPS) is 18.5. The number of carbonyl (C=O) groups is 1. The predicted octanol–water partition coefficient (Wildman–Crippen LogP) is 1.68. The van der Waals surface area contributed by atoms with Gasteiger partial charge in [-0.05, 0) is 36.2 Å². The summed E-state index contributed by atoms with van der Waals surface area (Å²) in [5.74, 6) is 1.76. The molecule has 34 heavy (non-hydrogen) atoms. The van der Waals surface area contributed by atoms with E-state index in [0.717, 1.165) is 60.8 Å². The number of amides is 1. The highest BCUT2D eigenvalue weighted by atomic mass is 32.2. The average Bonchev–Trinajstić information content (AvgIpc) is 2.87. The number of rotatable bonds is 8.